The monoisotopic (exact) mass is 324 g/mol. The molecule has 2 amide bonds. The zero-order valence-corrected chi connectivity index (χ0v) is 13.4. The lowest BCUT2D eigenvalue weighted by atomic mass is 10.0. The van der Waals surface area contributed by atoms with E-state index in [1.807, 2.05) is 13.8 Å². The summed E-state index contributed by atoms with van der Waals surface area (Å²) < 4.78 is 0. The van der Waals surface area contributed by atoms with Crippen molar-refractivity contribution in [1.82, 2.24) is 5.32 Å². The molecule has 0 fully saturated rings. The Balaban J connectivity index is 2.87. The maximum atomic E-state index is 12.3. The lowest BCUT2D eigenvalue weighted by molar-refractivity contribution is -0.139. The Labute approximate surface area is 133 Å². The molecule has 0 bridgehead atoms. The number of hydrogen-bond acceptors (Lipinski definition) is 4. The largest absolute Gasteiger partial charge is 0.480 e. The highest BCUT2D eigenvalue weighted by molar-refractivity contribution is 8.00. The second-order valence-corrected chi connectivity index (χ2v) is 6.26. The number of nitrogens with one attached hydrogen (secondary N) is 1. The molecule has 22 heavy (non-hydrogen) atoms. The van der Waals surface area contributed by atoms with Gasteiger partial charge in [0.15, 0.2) is 0 Å². The molecule has 0 unspecified atom stereocenters. The maximum Gasteiger partial charge on any atom is 0.326 e. The second-order valence-electron chi connectivity index (χ2n) is 5.24. The smallest absolute Gasteiger partial charge is 0.326 e. The first kappa shape index (κ1) is 18.0. The van der Waals surface area contributed by atoms with E-state index in [9.17, 15) is 19.5 Å². The van der Waals surface area contributed by atoms with Crippen LogP contribution >= 0.6 is 11.8 Å². The molecule has 0 saturated heterocycles. The van der Waals surface area contributed by atoms with Crippen molar-refractivity contribution < 1.29 is 19.5 Å². The summed E-state index contributed by atoms with van der Waals surface area (Å²) in [7, 11) is 0. The van der Waals surface area contributed by atoms with E-state index in [0.717, 1.165) is 11.8 Å². The van der Waals surface area contributed by atoms with Crippen LogP contribution in [0.4, 0.5) is 0 Å². The number of benzene rings is 1. The molecule has 7 heteroatoms. The van der Waals surface area contributed by atoms with E-state index in [2.05, 4.69) is 5.32 Å². The molecular formula is C15H20N2O4S. The summed E-state index contributed by atoms with van der Waals surface area (Å²) in [5.41, 5.74) is 5.44. The van der Waals surface area contributed by atoms with Gasteiger partial charge in [0.1, 0.15) is 6.04 Å². The van der Waals surface area contributed by atoms with Gasteiger partial charge < -0.3 is 16.2 Å². The summed E-state index contributed by atoms with van der Waals surface area (Å²) in [5.74, 6) is -1.83. The Hall–Kier alpha value is -2.02. The lowest BCUT2D eigenvalue weighted by Crippen LogP contribution is -2.41. The topological polar surface area (TPSA) is 109 Å². The van der Waals surface area contributed by atoms with E-state index in [0.29, 0.717) is 16.9 Å². The highest BCUT2D eigenvalue weighted by Crippen LogP contribution is 2.22. The van der Waals surface area contributed by atoms with Crippen molar-refractivity contribution in [3.05, 3.63) is 29.8 Å². The minimum Gasteiger partial charge on any atom is -0.480 e. The van der Waals surface area contributed by atoms with Gasteiger partial charge in [0, 0.05) is 4.90 Å². The molecule has 1 rings (SSSR count). The van der Waals surface area contributed by atoms with Crippen LogP contribution in [0, 0.1) is 5.92 Å². The highest BCUT2D eigenvalue weighted by atomic mass is 32.2. The number of rotatable bonds is 8. The summed E-state index contributed by atoms with van der Waals surface area (Å²) in [6.45, 7) is 3.78. The van der Waals surface area contributed by atoms with Crippen molar-refractivity contribution in [3.63, 3.8) is 0 Å². The van der Waals surface area contributed by atoms with Crippen LogP contribution in [-0.2, 0) is 9.59 Å². The van der Waals surface area contributed by atoms with Gasteiger partial charge in [-0.15, -0.1) is 11.8 Å². The summed E-state index contributed by atoms with van der Waals surface area (Å²) in [6.07, 6.45) is 0.345. The molecule has 6 nitrogen and oxygen atoms in total. The summed E-state index contributed by atoms with van der Waals surface area (Å²) in [4.78, 5) is 35.0. The van der Waals surface area contributed by atoms with Crippen LogP contribution < -0.4 is 11.1 Å². The molecule has 0 radical (unpaired) electrons. The van der Waals surface area contributed by atoms with Gasteiger partial charge in [-0.05, 0) is 24.5 Å². The number of thioether (sulfide) groups is 1. The quantitative estimate of drug-likeness (QED) is 0.628. The molecule has 0 saturated carbocycles. The van der Waals surface area contributed by atoms with E-state index in [1.54, 1.807) is 24.3 Å². The predicted octanol–water partition coefficient (Wildman–Crippen LogP) is 1.49. The average Bonchev–Trinajstić information content (AvgIpc) is 2.44. The van der Waals surface area contributed by atoms with E-state index in [1.165, 1.54) is 0 Å². The van der Waals surface area contributed by atoms with E-state index < -0.39 is 23.8 Å². The minimum absolute atomic E-state index is 0.0542. The average molecular weight is 324 g/mol. The van der Waals surface area contributed by atoms with Crippen molar-refractivity contribution in [2.75, 3.05) is 5.75 Å². The van der Waals surface area contributed by atoms with Gasteiger partial charge in [0.2, 0.25) is 5.91 Å². The molecule has 1 aromatic carbocycles. The number of nitrogens with two attached hydrogens (primary N) is 1. The Kier molecular flexibility index (Phi) is 6.91. The van der Waals surface area contributed by atoms with Crippen molar-refractivity contribution in [2.45, 2.75) is 31.2 Å². The first-order valence-electron chi connectivity index (χ1n) is 6.85. The fourth-order valence-corrected chi connectivity index (χ4v) is 2.65. The SMILES string of the molecule is CC(C)C[C@@H](NC(=O)c1ccccc1SCC(N)=O)C(=O)O. The molecule has 0 aromatic heterocycles. The molecule has 0 aliphatic heterocycles. The molecule has 4 N–H and O–H groups in total. The van der Waals surface area contributed by atoms with Gasteiger partial charge >= 0.3 is 5.97 Å². The van der Waals surface area contributed by atoms with Crippen LogP contribution in [-0.4, -0.2) is 34.7 Å². The van der Waals surface area contributed by atoms with Crippen molar-refractivity contribution in [1.29, 1.82) is 0 Å². The molecule has 120 valence electrons. The number of carbonyl (C=O) groups excluding carboxylic acids is 2. The maximum absolute atomic E-state index is 12.3. The van der Waals surface area contributed by atoms with Crippen molar-refractivity contribution in [3.8, 4) is 0 Å². The molecule has 1 aromatic rings. The zero-order valence-electron chi connectivity index (χ0n) is 12.5. The number of carbonyl (C=O) groups is 3. The van der Waals surface area contributed by atoms with E-state index >= 15 is 0 Å². The Morgan fingerprint density at radius 3 is 2.45 bits per heavy atom. The third kappa shape index (κ3) is 5.77. The fourth-order valence-electron chi connectivity index (χ4n) is 1.86. The van der Waals surface area contributed by atoms with Gasteiger partial charge in [0.25, 0.3) is 5.91 Å². The molecular weight excluding hydrogens is 304 g/mol. The van der Waals surface area contributed by atoms with Crippen molar-refractivity contribution >= 4 is 29.5 Å². The molecule has 0 spiro atoms. The summed E-state index contributed by atoms with van der Waals surface area (Å²) in [6, 6.07) is 5.76. The Morgan fingerprint density at radius 2 is 1.91 bits per heavy atom. The number of carboxylic acids is 1. The molecule has 1 atom stereocenters. The normalized spacial score (nSPS) is 12.0. The second kappa shape index (κ2) is 8.43. The third-order valence-electron chi connectivity index (χ3n) is 2.81. The van der Waals surface area contributed by atoms with Crippen LogP contribution in [0.25, 0.3) is 0 Å². The number of aliphatic carboxylic acids is 1. The van der Waals surface area contributed by atoms with Gasteiger partial charge in [-0.25, -0.2) is 4.79 Å². The Bertz CT molecular complexity index is 560. The van der Waals surface area contributed by atoms with Crippen molar-refractivity contribution in [2.24, 2.45) is 11.7 Å². The van der Waals surface area contributed by atoms with Crippen LogP contribution in [0.2, 0.25) is 0 Å². The zero-order chi connectivity index (χ0) is 16.7. The van der Waals surface area contributed by atoms with Crippen LogP contribution in [0.5, 0.6) is 0 Å². The van der Waals surface area contributed by atoms with E-state index in [-0.39, 0.29) is 11.7 Å². The summed E-state index contributed by atoms with van der Waals surface area (Å²) in [5, 5.41) is 11.7. The lowest BCUT2D eigenvalue weighted by Gasteiger charge is -2.17. The standard InChI is InChI=1S/C15H20N2O4S/c1-9(2)7-11(15(20)21)17-14(19)10-5-3-4-6-12(10)22-8-13(16)18/h3-6,9,11H,7-8H2,1-2H3,(H2,16,18)(H,17,19)(H,20,21)/t11-/m1/s1. The highest BCUT2D eigenvalue weighted by Gasteiger charge is 2.23. The van der Waals surface area contributed by atoms with Crippen LogP contribution in [0.15, 0.2) is 29.2 Å². The number of primary amides is 1. The van der Waals surface area contributed by atoms with Gasteiger partial charge in [-0.3, -0.25) is 9.59 Å². The van der Waals surface area contributed by atoms with E-state index in [4.69, 9.17) is 5.73 Å². The minimum atomic E-state index is -1.07. The third-order valence-corrected chi connectivity index (χ3v) is 3.91. The predicted molar refractivity (Wildman–Crippen MR) is 84.7 cm³/mol. The number of amides is 2. The van der Waals surface area contributed by atoms with Crippen LogP contribution in [0.3, 0.4) is 0 Å². The van der Waals surface area contributed by atoms with Gasteiger partial charge in [-0.1, -0.05) is 26.0 Å². The number of carboxylic acid groups (broad SMARTS) is 1. The molecule has 0 heterocycles. The summed E-state index contributed by atoms with van der Waals surface area (Å²) >= 11 is 1.15. The van der Waals surface area contributed by atoms with Crippen LogP contribution in [0.1, 0.15) is 30.6 Å². The van der Waals surface area contributed by atoms with Gasteiger partial charge in [0.05, 0.1) is 11.3 Å². The number of hydrogen-bond donors (Lipinski definition) is 3. The fraction of sp³-hybridized carbons (Fsp3) is 0.400. The first-order chi connectivity index (χ1) is 10.3. The molecule has 0 aliphatic carbocycles. The van der Waals surface area contributed by atoms with Gasteiger partial charge in [-0.2, -0.15) is 0 Å². The Morgan fingerprint density at radius 1 is 1.27 bits per heavy atom. The molecule has 0 aliphatic rings. The first-order valence-corrected chi connectivity index (χ1v) is 7.83.